The Kier molecular flexibility index (Phi) is 12.2. The third-order valence-electron chi connectivity index (χ3n) is 7.52. The van der Waals surface area contributed by atoms with Crippen molar-refractivity contribution in [3.8, 4) is 28.6 Å². The number of aliphatic carboxylic acids is 1. The van der Waals surface area contributed by atoms with Gasteiger partial charge in [-0.3, -0.25) is 19.0 Å². The lowest BCUT2D eigenvalue weighted by Crippen LogP contribution is -2.30. The molecule has 0 radical (unpaired) electrons. The fraction of sp³-hybridized carbons (Fsp3) is 0.424. The Morgan fingerprint density at radius 3 is 2.16 bits per heavy atom. The van der Waals surface area contributed by atoms with Crippen LogP contribution < -0.4 is 0 Å². The molecule has 232 valence electrons. The number of nitrogens with zero attached hydrogens (tertiary/aromatic N) is 1. The second kappa shape index (κ2) is 15.8. The largest absolute Gasteiger partial charge is 0.494 e. The number of ether oxygens (including phenoxy) is 2. The Labute approximate surface area is 251 Å². The maximum atomic E-state index is 13.2. The van der Waals surface area contributed by atoms with Gasteiger partial charge in [-0.1, -0.05) is 62.7 Å². The van der Waals surface area contributed by atoms with Crippen molar-refractivity contribution in [3.05, 3.63) is 65.7 Å². The van der Waals surface area contributed by atoms with Crippen molar-refractivity contribution in [1.82, 2.24) is 4.57 Å². The highest BCUT2D eigenvalue weighted by Crippen LogP contribution is 2.39. The van der Waals surface area contributed by atoms with Crippen molar-refractivity contribution in [1.29, 1.82) is 0 Å². The molecule has 0 aliphatic heterocycles. The molecule has 10 heteroatoms. The molecule has 3 aromatic rings. The number of carboxylic acids is 1. The SMILES string of the molecule is CCCCOC(=O)C(CC(C)C(=O)O)CC(Cc1c(C)c(O)n(-c2cccc(-c3ccccc3)c2)c1O)C(=O)OCCO. The van der Waals surface area contributed by atoms with Gasteiger partial charge >= 0.3 is 17.9 Å². The van der Waals surface area contributed by atoms with Crippen LogP contribution in [0.5, 0.6) is 11.8 Å². The first-order chi connectivity index (χ1) is 20.6. The van der Waals surface area contributed by atoms with E-state index in [1.807, 2.05) is 49.4 Å². The number of carbonyl (C=O) groups excluding carboxylic acids is 2. The zero-order valence-corrected chi connectivity index (χ0v) is 24.9. The number of hydrogen-bond acceptors (Lipinski definition) is 8. The van der Waals surface area contributed by atoms with E-state index in [1.165, 1.54) is 11.5 Å². The lowest BCUT2D eigenvalue weighted by atomic mass is 9.84. The second-order valence-corrected chi connectivity index (χ2v) is 10.7. The number of unbranched alkanes of at least 4 members (excludes halogenated alkanes) is 1. The quantitative estimate of drug-likeness (QED) is 0.132. The average Bonchev–Trinajstić information content (AvgIpc) is 3.21. The first kappa shape index (κ1) is 33.2. The molecule has 0 aliphatic carbocycles. The molecule has 0 spiro atoms. The zero-order valence-electron chi connectivity index (χ0n) is 24.9. The van der Waals surface area contributed by atoms with Gasteiger partial charge in [-0.25, -0.2) is 0 Å². The number of aromatic nitrogens is 1. The molecule has 1 heterocycles. The van der Waals surface area contributed by atoms with Gasteiger partial charge in [-0.05, 0) is 55.9 Å². The molecular weight excluding hydrogens is 554 g/mol. The zero-order chi connectivity index (χ0) is 31.5. The molecular formula is C33H41NO9. The number of rotatable bonds is 16. The Balaban J connectivity index is 1.98. The molecule has 3 rings (SSSR count). The van der Waals surface area contributed by atoms with Gasteiger partial charge in [0, 0.05) is 11.1 Å². The smallest absolute Gasteiger partial charge is 0.309 e. The number of aromatic hydroxyl groups is 2. The summed E-state index contributed by atoms with van der Waals surface area (Å²) in [6, 6.07) is 16.9. The standard InChI is InChI=1S/C33H41NO9/c1-4-5-15-42-32(40)25(17-21(2)31(38)39)18-26(33(41)43-16-14-35)20-28-22(3)29(36)34(30(28)37)27-13-9-12-24(19-27)23-10-7-6-8-11-23/h6-13,19,21,25-26,35-37H,4-5,14-18,20H2,1-3H3,(H,38,39). The van der Waals surface area contributed by atoms with E-state index in [2.05, 4.69) is 0 Å². The lowest BCUT2D eigenvalue weighted by Gasteiger charge is -2.23. The predicted molar refractivity (Wildman–Crippen MR) is 160 cm³/mol. The number of aliphatic hydroxyl groups is 1. The predicted octanol–water partition coefficient (Wildman–Crippen LogP) is 5.02. The molecule has 1 aromatic heterocycles. The Morgan fingerprint density at radius 2 is 1.51 bits per heavy atom. The van der Waals surface area contributed by atoms with Gasteiger partial charge in [-0.15, -0.1) is 0 Å². The van der Waals surface area contributed by atoms with Crippen molar-refractivity contribution in [3.63, 3.8) is 0 Å². The number of benzene rings is 2. The molecule has 0 saturated heterocycles. The van der Waals surface area contributed by atoms with Crippen LogP contribution in [0.2, 0.25) is 0 Å². The summed E-state index contributed by atoms with van der Waals surface area (Å²) in [5.74, 6) is -5.73. The molecule has 3 unspecified atom stereocenters. The fourth-order valence-electron chi connectivity index (χ4n) is 5.02. The molecule has 0 fully saturated rings. The van der Waals surface area contributed by atoms with Crippen molar-refractivity contribution in [2.45, 2.75) is 52.9 Å². The van der Waals surface area contributed by atoms with Crippen LogP contribution in [-0.2, 0) is 30.3 Å². The van der Waals surface area contributed by atoms with E-state index < -0.39 is 42.3 Å². The molecule has 0 aliphatic rings. The summed E-state index contributed by atoms with van der Waals surface area (Å²) in [6.07, 6.45) is 1.16. The molecule has 0 amide bonds. The minimum Gasteiger partial charge on any atom is -0.494 e. The summed E-state index contributed by atoms with van der Waals surface area (Å²) in [6.45, 7) is 4.53. The van der Waals surface area contributed by atoms with Crippen LogP contribution in [0.3, 0.4) is 0 Å². The Bertz CT molecular complexity index is 1380. The van der Waals surface area contributed by atoms with Gasteiger partial charge in [0.2, 0.25) is 11.8 Å². The summed E-state index contributed by atoms with van der Waals surface area (Å²) in [4.78, 5) is 37.8. The maximum Gasteiger partial charge on any atom is 0.309 e. The number of esters is 2. The van der Waals surface area contributed by atoms with E-state index >= 15 is 0 Å². The summed E-state index contributed by atoms with van der Waals surface area (Å²) in [5, 5.41) is 41.2. The van der Waals surface area contributed by atoms with Gasteiger partial charge in [0.25, 0.3) is 0 Å². The first-order valence-corrected chi connectivity index (χ1v) is 14.5. The summed E-state index contributed by atoms with van der Waals surface area (Å²) < 4.78 is 11.9. The van der Waals surface area contributed by atoms with Crippen molar-refractivity contribution < 1.29 is 44.3 Å². The van der Waals surface area contributed by atoms with Crippen LogP contribution in [0.1, 0.15) is 50.7 Å². The third-order valence-corrected chi connectivity index (χ3v) is 7.52. The van der Waals surface area contributed by atoms with Gasteiger partial charge < -0.3 is 29.9 Å². The van der Waals surface area contributed by atoms with Crippen LogP contribution in [0, 0.1) is 24.7 Å². The summed E-state index contributed by atoms with van der Waals surface area (Å²) in [5.41, 5.74) is 2.93. The molecule has 0 bridgehead atoms. The highest BCUT2D eigenvalue weighted by atomic mass is 16.5. The minimum absolute atomic E-state index is 0.0619. The molecule has 43 heavy (non-hydrogen) atoms. The number of hydrogen-bond donors (Lipinski definition) is 4. The second-order valence-electron chi connectivity index (χ2n) is 10.7. The van der Waals surface area contributed by atoms with E-state index in [4.69, 9.17) is 9.47 Å². The van der Waals surface area contributed by atoms with Crippen LogP contribution in [0.4, 0.5) is 0 Å². The fourth-order valence-corrected chi connectivity index (χ4v) is 5.02. The molecule has 3 atom stereocenters. The first-order valence-electron chi connectivity index (χ1n) is 14.5. The van der Waals surface area contributed by atoms with Gasteiger partial charge in [0.1, 0.15) is 6.61 Å². The summed E-state index contributed by atoms with van der Waals surface area (Å²) in [7, 11) is 0. The highest BCUT2D eigenvalue weighted by molar-refractivity contribution is 5.78. The highest BCUT2D eigenvalue weighted by Gasteiger charge is 2.34. The van der Waals surface area contributed by atoms with Crippen LogP contribution in [0.25, 0.3) is 16.8 Å². The van der Waals surface area contributed by atoms with Crippen LogP contribution in [0.15, 0.2) is 54.6 Å². The van der Waals surface area contributed by atoms with Gasteiger partial charge in [0.05, 0.1) is 36.7 Å². The Morgan fingerprint density at radius 1 is 0.860 bits per heavy atom. The molecule has 10 nitrogen and oxygen atoms in total. The van der Waals surface area contributed by atoms with E-state index in [-0.39, 0.29) is 49.8 Å². The van der Waals surface area contributed by atoms with E-state index in [0.29, 0.717) is 17.7 Å². The number of carboxylic acid groups (broad SMARTS) is 1. The van der Waals surface area contributed by atoms with E-state index in [9.17, 15) is 34.8 Å². The average molecular weight is 596 g/mol. The number of carbonyl (C=O) groups is 3. The molecule has 2 aromatic carbocycles. The van der Waals surface area contributed by atoms with Gasteiger partial charge in [0.15, 0.2) is 0 Å². The molecule has 4 N–H and O–H groups in total. The van der Waals surface area contributed by atoms with Crippen LogP contribution >= 0.6 is 0 Å². The van der Waals surface area contributed by atoms with Gasteiger partial charge in [-0.2, -0.15) is 0 Å². The topological polar surface area (TPSA) is 156 Å². The van der Waals surface area contributed by atoms with Crippen molar-refractivity contribution >= 4 is 17.9 Å². The van der Waals surface area contributed by atoms with Crippen LogP contribution in [-0.4, -0.2) is 62.7 Å². The number of aliphatic hydroxyl groups excluding tert-OH is 1. The van der Waals surface area contributed by atoms with Crippen molar-refractivity contribution in [2.24, 2.45) is 17.8 Å². The summed E-state index contributed by atoms with van der Waals surface area (Å²) >= 11 is 0. The molecule has 0 saturated carbocycles. The van der Waals surface area contributed by atoms with E-state index in [1.54, 1.807) is 19.1 Å². The maximum absolute atomic E-state index is 13.2. The minimum atomic E-state index is -1.08. The van der Waals surface area contributed by atoms with Crippen molar-refractivity contribution in [2.75, 3.05) is 19.8 Å². The third kappa shape index (κ3) is 8.61. The lowest BCUT2D eigenvalue weighted by molar-refractivity contribution is -0.154. The monoisotopic (exact) mass is 595 g/mol. The van der Waals surface area contributed by atoms with E-state index in [0.717, 1.165) is 17.5 Å². The normalized spacial score (nSPS) is 13.2. The Hall–Kier alpha value is -4.31.